The number of rotatable bonds is 5. The van der Waals surface area contributed by atoms with Crippen LogP contribution < -0.4 is 5.56 Å². The maximum Gasteiger partial charge on any atom is 0.271 e. The molecule has 1 atom stereocenters. The topological polar surface area (TPSA) is 54.7 Å². The summed E-state index contributed by atoms with van der Waals surface area (Å²) in [5.74, 6) is 0.187. The molecule has 2 rings (SSSR count). The monoisotopic (exact) mass is 321 g/mol. The molecule has 0 aliphatic carbocycles. The molecule has 120 valence electrons. The lowest BCUT2D eigenvalue weighted by Crippen LogP contribution is -2.38. The molecule has 1 unspecified atom stereocenters. The van der Waals surface area contributed by atoms with Crippen LogP contribution in [0.1, 0.15) is 48.1 Å². The average Bonchev–Trinajstić information content (AvgIpc) is 2.80. The highest BCUT2D eigenvalue weighted by Gasteiger charge is 2.21. The average molecular weight is 321 g/mol. The summed E-state index contributed by atoms with van der Waals surface area (Å²) in [6.45, 7) is 11.2. The fourth-order valence-corrected chi connectivity index (χ4v) is 3.28. The molecule has 0 aliphatic heterocycles. The molecule has 2 aromatic rings. The van der Waals surface area contributed by atoms with E-state index in [1.807, 2.05) is 20.8 Å². The van der Waals surface area contributed by atoms with Gasteiger partial charge in [0.05, 0.1) is 0 Å². The van der Waals surface area contributed by atoms with Gasteiger partial charge in [-0.25, -0.2) is 4.98 Å². The predicted molar refractivity (Wildman–Crippen MR) is 89.8 cm³/mol. The van der Waals surface area contributed by atoms with Crippen LogP contribution in [0.3, 0.4) is 0 Å². The molecule has 0 spiro atoms. The smallest absolute Gasteiger partial charge is 0.271 e. The Bertz CT molecular complexity index is 748. The zero-order valence-electron chi connectivity index (χ0n) is 13.8. The third kappa shape index (κ3) is 2.92. The van der Waals surface area contributed by atoms with E-state index in [-0.39, 0.29) is 17.0 Å². The molecule has 2 heterocycles. The van der Waals surface area contributed by atoms with Crippen LogP contribution in [0.2, 0.25) is 0 Å². The van der Waals surface area contributed by atoms with E-state index in [0.717, 1.165) is 17.0 Å². The highest BCUT2D eigenvalue weighted by atomic mass is 32.1. The first-order valence-electron chi connectivity index (χ1n) is 7.67. The summed E-state index contributed by atoms with van der Waals surface area (Å²) in [4.78, 5) is 33.1. The Morgan fingerprint density at radius 2 is 2.09 bits per heavy atom. The lowest BCUT2D eigenvalue weighted by molar-refractivity contribution is 0.0738. The van der Waals surface area contributed by atoms with Crippen molar-refractivity contribution in [3.63, 3.8) is 0 Å². The number of hydrogen-bond acceptors (Lipinski definition) is 4. The maximum atomic E-state index is 12.7. The standard InChI is InChI=1S/C16H23N3O2S/c1-6-10(3)9-18(7-2)14(20)13-8-17-16-19(15(13)21)11(4)12(5)22-16/h8,10H,6-7,9H2,1-5H3. The number of carbonyl (C=O) groups excluding carboxylic acids is 1. The third-order valence-electron chi connectivity index (χ3n) is 4.15. The van der Waals surface area contributed by atoms with Gasteiger partial charge in [0.15, 0.2) is 4.96 Å². The normalized spacial score (nSPS) is 12.6. The number of aryl methyl sites for hydroxylation is 2. The highest BCUT2D eigenvalue weighted by Crippen LogP contribution is 2.18. The van der Waals surface area contributed by atoms with Crippen molar-refractivity contribution in [1.29, 1.82) is 0 Å². The van der Waals surface area contributed by atoms with E-state index in [1.54, 1.807) is 9.30 Å². The first-order chi connectivity index (χ1) is 10.4. The number of aromatic nitrogens is 2. The van der Waals surface area contributed by atoms with Crippen LogP contribution in [0.4, 0.5) is 0 Å². The Balaban J connectivity index is 2.45. The van der Waals surface area contributed by atoms with Crippen molar-refractivity contribution >= 4 is 22.2 Å². The van der Waals surface area contributed by atoms with E-state index in [0.29, 0.717) is 24.0 Å². The molecule has 0 fully saturated rings. The minimum Gasteiger partial charge on any atom is -0.338 e. The van der Waals surface area contributed by atoms with Crippen LogP contribution in [0, 0.1) is 19.8 Å². The Labute approximate surface area is 134 Å². The van der Waals surface area contributed by atoms with E-state index in [4.69, 9.17) is 0 Å². The Hall–Kier alpha value is -1.69. The summed E-state index contributed by atoms with van der Waals surface area (Å²) in [6, 6.07) is 0. The minimum atomic E-state index is -0.264. The third-order valence-corrected chi connectivity index (χ3v) is 5.22. The molecular formula is C16H23N3O2S. The van der Waals surface area contributed by atoms with Gasteiger partial charge in [-0.15, -0.1) is 11.3 Å². The SMILES string of the molecule is CCC(C)CN(CC)C(=O)c1cnc2sc(C)c(C)n2c1=O. The van der Waals surface area contributed by atoms with Crippen LogP contribution in [0.25, 0.3) is 4.96 Å². The van der Waals surface area contributed by atoms with Gasteiger partial charge in [-0.1, -0.05) is 20.3 Å². The first-order valence-corrected chi connectivity index (χ1v) is 8.49. The van der Waals surface area contributed by atoms with Gasteiger partial charge in [-0.2, -0.15) is 0 Å². The van der Waals surface area contributed by atoms with Crippen LogP contribution in [-0.4, -0.2) is 33.3 Å². The van der Waals surface area contributed by atoms with Gasteiger partial charge in [0.25, 0.3) is 11.5 Å². The van der Waals surface area contributed by atoms with Crippen LogP contribution in [0.5, 0.6) is 0 Å². The van der Waals surface area contributed by atoms with Gasteiger partial charge in [0.2, 0.25) is 0 Å². The van der Waals surface area contributed by atoms with Crippen molar-refractivity contribution < 1.29 is 4.79 Å². The summed E-state index contributed by atoms with van der Waals surface area (Å²) < 4.78 is 1.55. The van der Waals surface area contributed by atoms with Crippen LogP contribution in [0.15, 0.2) is 11.0 Å². The summed E-state index contributed by atoms with van der Waals surface area (Å²) in [6.07, 6.45) is 2.43. The van der Waals surface area contributed by atoms with Crippen molar-refractivity contribution in [3.8, 4) is 0 Å². The van der Waals surface area contributed by atoms with Crippen molar-refractivity contribution in [1.82, 2.24) is 14.3 Å². The quantitative estimate of drug-likeness (QED) is 0.851. The molecule has 0 aliphatic rings. The molecule has 0 radical (unpaired) electrons. The van der Waals surface area contributed by atoms with E-state index >= 15 is 0 Å². The molecule has 0 saturated heterocycles. The maximum absolute atomic E-state index is 12.7. The molecule has 6 heteroatoms. The van der Waals surface area contributed by atoms with Gasteiger partial charge in [-0.3, -0.25) is 14.0 Å². The fraction of sp³-hybridized carbons (Fsp3) is 0.562. The first kappa shape index (κ1) is 16.7. The zero-order chi connectivity index (χ0) is 16.4. The lowest BCUT2D eigenvalue weighted by Gasteiger charge is -2.23. The molecule has 2 aromatic heterocycles. The second-order valence-corrected chi connectivity index (χ2v) is 6.88. The van der Waals surface area contributed by atoms with Crippen molar-refractivity contribution in [3.05, 3.63) is 32.7 Å². The molecule has 0 bridgehead atoms. The number of amides is 1. The summed E-state index contributed by atoms with van der Waals surface area (Å²) >= 11 is 1.47. The zero-order valence-corrected chi connectivity index (χ0v) is 14.7. The van der Waals surface area contributed by atoms with Crippen molar-refractivity contribution in [2.24, 2.45) is 5.92 Å². The van der Waals surface area contributed by atoms with Gasteiger partial charge >= 0.3 is 0 Å². The van der Waals surface area contributed by atoms with E-state index in [9.17, 15) is 9.59 Å². The van der Waals surface area contributed by atoms with Crippen LogP contribution in [-0.2, 0) is 0 Å². The van der Waals surface area contributed by atoms with E-state index < -0.39 is 0 Å². The highest BCUT2D eigenvalue weighted by molar-refractivity contribution is 7.17. The largest absolute Gasteiger partial charge is 0.338 e. The number of nitrogens with zero attached hydrogens (tertiary/aromatic N) is 3. The molecule has 5 nitrogen and oxygen atoms in total. The molecule has 0 N–H and O–H groups in total. The van der Waals surface area contributed by atoms with Crippen molar-refractivity contribution in [2.45, 2.75) is 41.0 Å². The van der Waals surface area contributed by atoms with E-state index in [2.05, 4.69) is 18.8 Å². The van der Waals surface area contributed by atoms with Gasteiger partial charge in [-0.05, 0) is 26.7 Å². The fourth-order valence-electron chi connectivity index (χ4n) is 2.35. The molecular weight excluding hydrogens is 298 g/mol. The van der Waals surface area contributed by atoms with Crippen molar-refractivity contribution in [2.75, 3.05) is 13.1 Å². The van der Waals surface area contributed by atoms with Crippen LogP contribution >= 0.6 is 11.3 Å². The van der Waals surface area contributed by atoms with Gasteiger partial charge in [0, 0.05) is 29.9 Å². The number of fused-ring (bicyclic) bond motifs is 1. The lowest BCUT2D eigenvalue weighted by atomic mass is 10.1. The van der Waals surface area contributed by atoms with Gasteiger partial charge in [0.1, 0.15) is 5.56 Å². The number of hydrogen-bond donors (Lipinski definition) is 0. The summed E-state index contributed by atoms with van der Waals surface area (Å²) in [7, 11) is 0. The Morgan fingerprint density at radius 1 is 1.41 bits per heavy atom. The second kappa shape index (κ2) is 6.60. The second-order valence-electron chi connectivity index (χ2n) is 5.70. The molecule has 22 heavy (non-hydrogen) atoms. The Kier molecular flexibility index (Phi) is 5.01. The van der Waals surface area contributed by atoms with Gasteiger partial charge < -0.3 is 4.90 Å². The molecule has 1 amide bonds. The molecule has 0 aromatic carbocycles. The number of thiazole rings is 1. The predicted octanol–water partition coefficient (Wildman–Crippen LogP) is 2.88. The minimum absolute atomic E-state index is 0.156. The Morgan fingerprint density at radius 3 is 2.68 bits per heavy atom. The summed E-state index contributed by atoms with van der Waals surface area (Å²) in [5.41, 5.74) is 0.750. The number of carbonyl (C=O) groups is 1. The molecule has 0 saturated carbocycles. The summed E-state index contributed by atoms with van der Waals surface area (Å²) in [5, 5.41) is 0. The van der Waals surface area contributed by atoms with E-state index in [1.165, 1.54) is 17.5 Å².